The summed E-state index contributed by atoms with van der Waals surface area (Å²) in [5.41, 5.74) is 0. The maximum Gasteiger partial charge on any atom is 2.00 e. The predicted octanol–water partition coefficient (Wildman–Crippen LogP) is -1.96. The molecule has 0 aliphatic carbocycles. The summed E-state index contributed by atoms with van der Waals surface area (Å²) in [6.45, 7) is 6.50. The summed E-state index contributed by atoms with van der Waals surface area (Å²) in [6.07, 6.45) is 1.50. The smallest absolute Gasteiger partial charge is 1.00 e. The van der Waals surface area contributed by atoms with Crippen molar-refractivity contribution in [1.82, 2.24) is 0 Å². The normalized spacial score (nSPS) is 2.17. The average molecular weight is 182 g/mol. The molecule has 0 aliphatic heterocycles. The number of allylic oxidation sites excluding steroid dienone is 1. The van der Waals surface area contributed by atoms with Crippen LogP contribution in [0.2, 0.25) is 0 Å². The first-order valence-electron chi connectivity index (χ1n) is 0.911. The predicted molar refractivity (Wildman–Crippen MR) is 27.5 cm³/mol. The van der Waals surface area contributed by atoms with Crippen LogP contribution in [-0.4, -0.2) is 23.1 Å². The van der Waals surface area contributed by atoms with Gasteiger partial charge in [0.25, 0.3) is 0 Å². The average Bonchev–Trinajstić information content (AvgIpc) is 0.918. The van der Waals surface area contributed by atoms with Crippen molar-refractivity contribution in [3.05, 3.63) is 12.7 Å². The molecule has 6 heavy (non-hydrogen) atoms. The van der Waals surface area contributed by atoms with Crippen molar-refractivity contribution < 1.29 is 17.0 Å². The van der Waals surface area contributed by atoms with E-state index in [1.54, 1.807) is 6.92 Å². The standard InChI is InChI=1S/C3H5.BrH.ClH.Mg/c1-3-2;;;/h1,3H,2H3;2*1H;/q-1;;;+2/p-1. The monoisotopic (exact) mass is 180 g/mol. The van der Waals surface area contributed by atoms with Crippen molar-refractivity contribution in [3.8, 4) is 0 Å². The molecule has 0 aliphatic rings. The Kier molecular flexibility index (Phi) is 150. The van der Waals surface area contributed by atoms with E-state index in [9.17, 15) is 0 Å². The maximum absolute atomic E-state index is 4.72. The number of hydrogen-bond acceptors (Lipinski definition) is 0. The van der Waals surface area contributed by atoms with E-state index in [4.69, 9.17) is 6.58 Å². The van der Waals surface area contributed by atoms with E-state index in [0.717, 1.165) is 0 Å². The molecule has 0 aromatic heterocycles. The van der Waals surface area contributed by atoms with Crippen LogP contribution >= 0.6 is 12.4 Å². The molecular weight excluding hydrogens is 176 g/mol. The third-order valence-electron chi connectivity index (χ3n) is 0. The van der Waals surface area contributed by atoms with Gasteiger partial charge < -0.3 is 23.6 Å². The van der Waals surface area contributed by atoms with Gasteiger partial charge in [-0.3, -0.25) is 6.08 Å². The summed E-state index contributed by atoms with van der Waals surface area (Å²) >= 11 is 0. The fourth-order valence-corrected chi connectivity index (χ4v) is 0. The van der Waals surface area contributed by atoms with Crippen LogP contribution in [0.1, 0.15) is 6.92 Å². The number of halogens is 2. The van der Waals surface area contributed by atoms with Crippen LogP contribution < -0.4 is 17.0 Å². The summed E-state index contributed by atoms with van der Waals surface area (Å²) < 4.78 is 0. The second kappa shape index (κ2) is 33.7. The zero-order chi connectivity index (χ0) is 2.71. The number of rotatable bonds is 0. The van der Waals surface area contributed by atoms with Crippen molar-refractivity contribution in [2.75, 3.05) is 0 Å². The van der Waals surface area contributed by atoms with Crippen LogP contribution in [0.3, 0.4) is 0 Å². The van der Waals surface area contributed by atoms with Crippen LogP contribution in [0.15, 0.2) is 6.08 Å². The van der Waals surface area contributed by atoms with Crippen molar-refractivity contribution in [2.24, 2.45) is 0 Å². The van der Waals surface area contributed by atoms with Crippen molar-refractivity contribution in [2.45, 2.75) is 6.92 Å². The molecule has 0 aromatic carbocycles. The summed E-state index contributed by atoms with van der Waals surface area (Å²) in [4.78, 5) is 0. The Labute approximate surface area is 71.7 Å². The van der Waals surface area contributed by atoms with E-state index >= 15 is 0 Å². The Morgan fingerprint density at radius 2 is 1.50 bits per heavy atom. The molecule has 0 atom stereocenters. The van der Waals surface area contributed by atoms with Gasteiger partial charge in [0.15, 0.2) is 0 Å². The Hall–Kier alpha value is 1.28. The van der Waals surface area contributed by atoms with Gasteiger partial charge in [-0.15, -0.1) is 12.4 Å². The first-order valence-corrected chi connectivity index (χ1v) is 0.911. The molecule has 0 aromatic rings. The Balaban J connectivity index is -0.00000000667. The minimum Gasteiger partial charge on any atom is -1.00 e. The van der Waals surface area contributed by atoms with Gasteiger partial charge in [-0.05, 0) is 0 Å². The van der Waals surface area contributed by atoms with Gasteiger partial charge in [-0.1, -0.05) is 6.92 Å². The first kappa shape index (κ1) is 26.7. The zero-order valence-corrected chi connectivity index (χ0v) is 7.46. The molecule has 0 bridgehead atoms. The Morgan fingerprint density at radius 1 is 1.50 bits per heavy atom. The Bertz CT molecular complexity index is 18.3. The quantitative estimate of drug-likeness (QED) is 0.301. The second-order valence-electron chi connectivity index (χ2n) is 0.333. The summed E-state index contributed by atoms with van der Waals surface area (Å²) in [6, 6.07) is 0. The molecule has 0 heterocycles. The van der Waals surface area contributed by atoms with Gasteiger partial charge in [0.1, 0.15) is 0 Å². The number of hydrogen-bond donors (Lipinski definition) is 0. The molecule has 3 heteroatoms. The third-order valence-corrected chi connectivity index (χ3v) is 0. The summed E-state index contributed by atoms with van der Waals surface area (Å²) in [5, 5.41) is 0. The van der Waals surface area contributed by atoms with E-state index in [0.29, 0.717) is 0 Å². The van der Waals surface area contributed by atoms with Crippen LogP contribution in [0, 0.1) is 6.58 Å². The van der Waals surface area contributed by atoms with Crippen LogP contribution in [0.4, 0.5) is 0 Å². The first-order chi connectivity index (χ1) is 1.41. The van der Waals surface area contributed by atoms with Gasteiger partial charge in [-0.2, -0.15) is 0 Å². The molecule has 0 radical (unpaired) electrons. The van der Waals surface area contributed by atoms with E-state index in [2.05, 4.69) is 0 Å². The van der Waals surface area contributed by atoms with E-state index in [1.807, 2.05) is 0 Å². The molecule has 0 amide bonds. The van der Waals surface area contributed by atoms with Crippen LogP contribution in [0.25, 0.3) is 0 Å². The largest absolute Gasteiger partial charge is 2.00 e. The third kappa shape index (κ3) is 59.2. The van der Waals surface area contributed by atoms with Crippen LogP contribution in [0.5, 0.6) is 0 Å². The fraction of sp³-hybridized carbons (Fsp3) is 0.333. The molecule has 0 saturated carbocycles. The van der Waals surface area contributed by atoms with Crippen molar-refractivity contribution >= 4 is 35.5 Å². The van der Waals surface area contributed by atoms with Gasteiger partial charge in [0.05, 0.1) is 0 Å². The van der Waals surface area contributed by atoms with Gasteiger partial charge in [0.2, 0.25) is 0 Å². The fourth-order valence-electron chi connectivity index (χ4n) is 0. The zero-order valence-electron chi connectivity index (χ0n) is 3.65. The Morgan fingerprint density at radius 3 is 1.50 bits per heavy atom. The van der Waals surface area contributed by atoms with E-state index in [-0.39, 0.29) is 52.4 Å². The summed E-state index contributed by atoms with van der Waals surface area (Å²) in [5.74, 6) is 0. The molecule has 0 rings (SSSR count). The van der Waals surface area contributed by atoms with E-state index in [1.165, 1.54) is 6.08 Å². The molecular formula is C3H6BrClMg. The minimum absolute atomic E-state index is 0. The molecule has 0 N–H and O–H groups in total. The van der Waals surface area contributed by atoms with Gasteiger partial charge in [-0.25, -0.2) is 0 Å². The topological polar surface area (TPSA) is 0 Å². The molecule has 0 unspecified atom stereocenters. The molecule has 34 valence electrons. The maximum atomic E-state index is 4.72. The second-order valence-corrected chi connectivity index (χ2v) is 0.333. The molecule has 0 fully saturated rings. The summed E-state index contributed by atoms with van der Waals surface area (Å²) in [7, 11) is 0. The van der Waals surface area contributed by atoms with Gasteiger partial charge >= 0.3 is 23.1 Å². The molecule has 0 saturated heterocycles. The SMILES string of the molecule is Cl.[Br-].[CH-]=CC.[Mg+2]. The van der Waals surface area contributed by atoms with Crippen LogP contribution in [-0.2, 0) is 0 Å². The van der Waals surface area contributed by atoms with Crippen molar-refractivity contribution in [1.29, 1.82) is 0 Å². The van der Waals surface area contributed by atoms with Gasteiger partial charge in [0, 0.05) is 0 Å². The van der Waals surface area contributed by atoms with E-state index < -0.39 is 0 Å². The minimum atomic E-state index is 0. The van der Waals surface area contributed by atoms with Crippen molar-refractivity contribution in [3.63, 3.8) is 0 Å². The molecule has 0 spiro atoms. The molecule has 0 nitrogen and oxygen atoms in total.